The lowest BCUT2D eigenvalue weighted by Gasteiger charge is -2.29. The monoisotopic (exact) mass is 250 g/mol. The predicted molar refractivity (Wildman–Crippen MR) is 78.3 cm³/mol. The van der Waals surface area contributed by atoms with Crippen LogP contribution in [0.25, 0.3) is 0 Å². The maximum Gasteiger partial charge on any atom is 0.224 e. The first-order valence-corrected chi connectivity index (χ1v) is 6.78. The number of rotatable bonds is 6. The summed E-state index contributed by atoms with van der Waals surface area (Å²) in [4.78, 5) is 11.2. The fourth-order valence-electron chi connectivity index (χ4n) is 1.70. The van der Waals surface area contributed by atoms with Crippen molar-refractivity contribution in [2.75, 3.05) is 23.8 Å². The van der Waals surface area contributed by atoms with E-state index in [1.54, 1.807) is 0 Å². The Balaban J connectivity index is 2.91. The molecule has 1 aromatic heterocycles. The standard InChI is InChI=1S/C14H26N4/c1-7-8-15-14-16-11(4)9-13(17-14)18(6)12(5)10(2)3/h9-10,12H,7-8H2,1-6H3,(H,15,16,17). The largest absolute Gasteiger partial charge is 0.357 e. The third kappa shape index (κ3) is 3.86. The third-order valence-electron chi connectivity index (χ3n) is 3.31. The van der Waals surface area contributed by atoms with Gasteiger partial charge in [-0.15, -0.1) is 0 Å². The highest BCUT2D eigenvalue weighted by atomic mass is 15.2. The molecule has 18 heavy (non-hydrogen) atoms. The molecule has 102 valence electrons. The Hall–Kier alpha value is -1.32. The normalized spacial score (nSPS) is 12.6. The van der Waals surface area contributed by atoms with Crippen LogP contribution in [0.1, 0.15) is 39.8 Å². The average Bonchev–Trinajstić information content (AvgIpc) is 2.33. The summed E-state index contributed by atoms with van der Waals surface area (Å²) in [5, 5.41) is 3.25. The van der Waals surface area contributed by atoms with E-state index in [1.807, 2.05) is 13.0 Å². The van der Waals surface area contributed by atoms with Crippen molar-refractivity contribution in [3.8, 4) is 0 Å². The number of nitrogens with zero attached hydrogens (tertiary/aromatic N) is 3. The highest BCUT2D eigenvalue weighted by Crippen LogP contribution is 2.19. The first-order chi connectivity index (χ1) is 8.45. The van der Waals surface area contributed by atoms with Gasteiger partial charge in [0.15, 0.2) is 0 Å². The summed E-state index contributed by atoms with van der Waals surface area (Å²) in [5.41, 5.74) is 1.00. The van der Waals surface area contributed by atoms with Crippen molar-refractivity contribution in [1.29, 1.82) is 0 Å². The Morgan fingerprint density at radius 1 is 1.28 bits per heavy atom. The quantitative estimate of drug-likeness (QED) is 0.842. The van der Waals surface area contributed by atoms with Crippen molar-refractivity contribution in [2.45, 2.75) is 47.1 Å². The molecule has 0 aliphatic carbocycles. The van der Waals surface area contributed by atoms with Crippen LogP contribution >= 0.6 is 0 Å². The van der Waals surface area contributed by atoms with Crippen LogP contribution in [0.2, 0.25) is 0 Å². The number of aromatic nitrogens is 2. The minimum atomic E-state index is 0.457. The minimum Gasteiger partial charge on any atom is -0.357 e. The van der Waals surface area contributed by atoms with E-state index in [0.29, 0.717) is 12.0 Å². The molecule has 1 heterocycles. The van der Waals surface area contributed by atoms with Gasteiger partial charge in [0.2, 0.25) is 5.95 Å². The fourth-order valence-corrected chi connectivity index (χ4v) is 1.70. The van der Waals surface area contributed by atoms with Crippen molar-refractivity contribution in [2.24, 2.45) is 5.92 Å². The number of anilines is 2. The molecule has 1 atom stereocenters. The van der Waals surface area contributed by atoms with Crippen LogP contribution in [0.5, 0.6) is 0 Å². The first-order valence-electron chi connectivity index (χ1n) is 6.78. The zero-order valence-corrected chi connectivity index (χ0v) is 12.5. The Morgan fingerprint density at radius 2 is 1.94 bits per heavy atom. The molecule has 0 aliphatic rings. The van der Waals surface area contributed by atoms with Gasteiger partial charge in [0.1, 0.15) is 5.82 Å². The van der Waals surface area contributed by atoms with Gasteiger partial charge >= 0.3 is 0 Å². The Morgan fingerprint density at radius 3 is 2.50 bits per heavy atom. The van der Waals surface area contributed by atoms with Crippen molar-refractivity contribution < 1.29 is 0 Å². The molecule has 0 saturated heterocycles. The molecule has 0 radical (unpaired) electrons. The SMILES string of the molecule is CCCNc1nc(C)cc(N(C)C(C)C(C)C)n1. The van der Waals surface area contributed by atoms with Crippen LogP contribution in [-0.2, 0) is 0 Å². The van der Waals surface area contributed by atoms with Crippen molar-refractivity contribution >= 4 is 11.8 Å². The average molecular weight is 250 g/mol. The Bertz CT molecular complexity index is 376. The highest BCUT2D eigenvalue weighted by molar-refractivity contribution is 5.44. The number of aryl methyl sites for hydroxylation is 1. The zero-order chi connectivity index (χ0) is 13.7. The highest BCUT2D eigenvalue weighted by Gasteiger charge is 2.15. The lowest BCUT2D eigenvalue weighted by molar-refractivity contribution is 0.502. The van der Waals surface area contributed by atoms with E-state index in [0.717, 1.165) is 30.4 Å². The molecule has 0 amide bonds. The van der Waals surface area contributed by atoms with Crippen molar-refractivity contribution in [1.82, 2.24) is 9.97 Å². The summed E-state index contributed by atoms with van der Waals surface area (Å²) >= 11 is 0. The minimum absolute atomic E-state index is 0.457. The van der Waals surface area contributed by atoms with Gasteiger partial charge < -0.3 is 10.2 Å². The van der Waals surface area contributed by atoms with E-state index in [1.165, 1.54) is 0 Å². The molecular formula is C14H26N4. The van der Waals surface area contributed by atoms with Crippen LogP contribution in [-0.4, -0.2) is 29.6 Å². The molecule has 0 aromatic carbocycles. The van der Waals surface area contributed by atoms with Gasteiger partial charge in [-0.25, -0.2) is 4.98 Å². The second kappa shape index (κ2) is 6.57. The number of hydrogen-bond acceptors (Lipinski definition) is 4. The Kier molecular flexibility index (Phi) is 5.38. The second-order valence-electron chi connectivity index (χ2n) is 5.21. The lowest BCUT2D eigenvalue weighted by Crippen LogP contribution is -2.34. The molecule has 0 spiro atoms. The van der Waals surface area contributed by atoms with Gasteiger partial charge in [-0.1, -0.05) is 20.8 Å². The van der Waals surface area contributed by atoms with Gasteiger partial charge in [0.25, 0.3) is 0 Å². The predicted octanol–water partition coefficient (Wildman–Crippen LogP) is 3.09. The third-order valence-corrected chi connectivity index (χ3v) is 3.31. The van der Waals surface area contributed by atoms with Crippen LogP contribution in [0.3, 0.4) is 0 Å². The smallest absolute Gasteiger partial charge is 0.224 e. The molecule has 1 unspecified atom stereocenters. The summed E-state index contributed by atoms with van der Waals surface area (Å²) in [6.07, 6.45) is 1.07. The van der Waals surface area contributed by atoms with Crippen LogP contribution in [0, 0.1) is 12.8 Å². The molecule has 4 heteroatoms. The molecule has 1 rings (SSSR count). The maximum atomic E-state index is 4.58. The first kappa shape index (κ1) is 14.7. The summed E-state index contributed by atoms with van der Waals surface area (Å²) < 4.78 is 0. The van der Waals surface area contributed by atoms with Gasteiger partial charge in [-0.2, -0.15) is 4.98 Å². The molecule has 0 bridgehead atoms. The molecular weight excluding hydrogens is 224 g/mol. The van der Waals surface area contributed by atoms with E-state index in [2.05, 4.69) is 54.9 Å². The molecule has 0 saturated carbocycles. The van der Waals surface area contributed by atoms with Gasteiger partial charge in [-0.3, -0.25) is 0 Å². The topological polar surface area (TPSA) is 41.1 Å². The van der Waals surface area contributed by atoms with E-state index < -0.39 is 0 Å². The summed E-state index contributed by atoms with van der Waals surface area (Å²) in [5.74, 6) is 2.31. The Labute approximate surface area is 111 Å². The second-order valence-corrected chi connectivity index (χ2v) is 5.21. The summed E-state index contributed by atoms with van der Waals surface area (Å²) in [7, 11) is 2.09. The zero-order valence-electron chi connectivity index (χ0n) is 12.5. The van der Waals surface area contributed by atoms with E-state index in [9.17, 15) is 0 Å². The van der Waals surface area contributed by atoms with E-state index in [-0.39, 0.29) is 0 Å². The molecule has 0 aliphatic heterocycles. The number of nitrogens with one attached hydrogen (secondary N) is 1. The maximum absolute atomic E-state index is 4.58. The van der Waals surface area contributed by atoms with Gasteiger partial charge in [0.05, 0.1) is 0 Å². The molecule has 1 aromatic rings. The van der Waals surface area contributed by atoms with Gasteiger partial charge in [-0.05, 0) is 26.2 Å². The van der Waals surface area contributed by atoms with Crippen LogP contribution in [0.15, 0.2) is 6.07 Å². The van der Waals surface area contributed by atoms with Crippen molar-refractivity contribution in [3.05, 3.63) is 11.8 Å². The van der Waals surface area contributed by atoms with E-state index in [4.69, 9.17) is 0 Å². The van der Waals surface area contributed by atoms with Crippen LogP contribution < -0.4 is 10.2 Å². The molecule has 0 fully saturated rings. The van der Waals surface area contributed by atoms with E-state index >= 15 is 0 Å². The molecule has 1 N–H and O–H groups in total. The number of hydrogen-bond donors (Lipinski definition) is 1. The van der Waals surface area contributed by atoms with Crippen molar-refractivity contribution in [3.63, 3.8) is 0 Å². The molecule has 4 nitrogen and oxygen atoms in total. The fraction of sp³-hybridized carbons (Fsp3) is 0.714. The van der Waals surface area contributed by atoms with Gasteiger partial charge in [0, 0.05) is 31.4 Å². The lowest BCUT2D eigenvalue weighted by atomic mass is 10.1. The van der Waals surface area contributed by atoms with Crippen LogP contribution in [0.4, 0.5) is 11.8 Å². The summed E-state index contributed by atoms with van der Waals surface area (Å²) in [6.45, 7) is 11.7. The summed E-state index contributed by atoms with van der Waals surface area (Å²) in [6, 6.07) is 2.49.